The lowest BCUT2D eigenvalue weighted by Gasteiger charge is -2.13. The Bertz CT molecular complexity index is 1630. The summed E-state index contributed by atoms with van der Waals surface area (Å²) in [5.74, 6) is 0. The number of hydrogen-bond acceptors (Lipinski definition) is 0. The lowest BCUT2D eigenvalue weighted by atomic mass is 9.95. The SMILES string of the molecule is C/C=C\C.Clc1ccc2c(c1)c1cc(-c3ccccc3)cc(-c3ccccc3)c1n2-c1ccccc1. The zero-order chi connectivity index (χ0) is 24.9. The fourth-order valence-electron chi connectivity index (χ4n) is 4.60. The van der Waals surface area contributed by atoms with Crippen LogP contribution in [0.3, 0.4) is 0 Å². The van der Waals surface area contributed by atoms with Gasteiger partial charge in [-0.05, 0) is 73.0 Å². The van der Waals surface area contributed by atoms with E-state index in [1.54, 1.807) is 0 Å². The van der Waals surface area contributed by atoms with Gasteiger partial charge in [0.25, 0.3) is 0 Å². The number of aromatic nitrogens is 1. The van der Waals surface area contributed by atoms with Gasteiger partial charge in [0.15, 0.2) is 0 Å². The summed E-state index contributed by atoms with van der Waals surface area (Å²) in [6.45, 7) is 4.00. The average Bonchev–Trinajstić information content (AvgIpc) is 3.27. The molecule has 2 heteroatoms. The predicted octanol–water partition coefficient (Wildman–Crippen LogP) is 10.4. The van der Waals surface area contributed by atoms with Gasteiger partial charge in [-0.1, -0.05) is 103 Å². The number of para-hydroxylation sites is 1. The largest absolute Gasteiger partial charge is 0.309 e. The second kappa shape index (κ2) is 10.7. The summed E-state index contributed by atoms with van der Waals surface area (Å²) < 4.78 is 2.36. The normalized spacial score (nSPS) is 11.1. The van der Waals surface area contributed by atoms with Crippen LogP contribution in [-0.2, 0) is 0 Å². The van der Waals surface area contributed by atoms with Crippen molar-refractivity contribution in [1.82, 2.24) is 4.57 Å². The second-order valence-electron chi connectivity index (χ2n) is 8.65. The average molecular weight is 486 g/mol. The Hall–Kier alpha value is -4.07. The first-order valence-electron chi connectivity index (χ1n) is 12.2. The summed E-state index contributed by atoms with van der Waals surface area (Å²) in [5, 5.41) is 3.11. The van der Waals surface area contributed by atoms with Crippen LogP contribution in [0.5, 0.6) is 0 Å². The van der Waals surface area contributed by atoms with Crippen LogP contribution >= 0.6 is 11.6 Å². The van der Waals surface area contributed by atoms with Crippen molar-refractivity contribution in [2.45, 2.75) is 13.8 Å². The molecule has 0 amide bonds. The summed E-state index contributed by atoms with van der Waals surface area (Å²) in [6, 6.07) is 42.5. The molecule has 0 fully saturated rings. The van der Waals surface area contributed by atoms with E-state index in [1.165, 1.54) is 33.2 Å². The van der Waals surface area contributed by atoms with Crippen molar-refractivity contribution >= 4 is 33.4 Å². The van der Waals surface area contributed by atoms with Gasteiger partial charge in [0.2, 0.25) is 0 Å². The highest BCUT2D eigenvalue weighted by molar-refractivity contribution is 6.32. The summed E-state index contributed by atoms with van der Waals surface area (Å²) in [5.41, 5.74) is 8.29. The van der Waals surface area contributed by atoms with Crippen LogP contribution in [0.25, 0.3) is 49.7 Å². The molecule has 0 aliphatic carbocycles. The molecule has 0 aliphatic heterocycles. The Kier molecular flexibility index (Phi) is 7.02. The Morgan fingerprint density at radius 1 is 0.556 bits per heavy atom. The molecular weight excluding hydrogens is 458 g/mol. The van der Waals surface area contributed by atoms with Gasteiger partial charge in [0.1, 0.15) is 0 Å². The number of fused-ring (bicyclic) bond motifs is 3. The Morgan fingerprint density at radius 2 is 1.14 bits per heavy atom. The van der Waals surface area contributed by atoms with Crippen LogP contribution in [0.2, 0.25) is 5.02 Å². The van der Waals surface area contributed by atoms with E-state index in [0.29, 0.717) is 0 Å². The molecule has 1 heterocycles. The molecule has 176 valence electrons. The summed E-state index contributed by atoms with van der Waals surface area (Å²) in [7, 11) is 0. The van der Waals surface area contributed by atoms with Crippen molar-refractivity contribution in [3.8, 4) is 27.9 Å². The van der Waals surface area contributed by atoms with E-state index >= 15 is 0 Å². The van der Waals surface area contributed by atoms with E-state index in [0.717, 1.165) is 21.6 Å². The molecule has 0 aliphatic rings. The third-order valence-electron chi connectivity index (χ3n) is 6.36. The second-order valence-corrected chi connectivity index (χ2v) is 9.09. The number of hydrogen-bond donors (Lipinski definition) is 0. The molecule has 0 unspecified atom stereocenters. The maximum absolute atomic E-state index is 6.48. The van der Waals surface area contributed by atoms with Gasteiger partial charge >= 0.3 is 0 Å². The van der Waals surface area contributed by atoms with Crippen molar-refractivity contribution in [3.63, 3.8) is 0 Å². The summed E-state index contributed by atoms with van der Waals surface area (Å²) in [6.07, 6.45) is 4.00. The first-order chi connectivity index (χ1) is 17.7. The van der Waals surface area contributed by atoms with E-state index in [1.807, 2.05) is 32.1 Å². The minimum absolute atomic E-state index is 0.746. The van der Waals surface area contributed by atoms with Gasteiger partial charge < -0.3 is 4.57 Å². The molecular formula is C34H28ClN. The van der Waals surface area contributed by atoms with Crippen LogP contribution in [0.4, 0.5) is 0 Å². The third kappa shape index (κ3) is 4.58. The van der Waals surface area contributed by atoms with Crippen molar-refractivity contribution in [2.75, 3.05) is 0 Å². The van der Waals surface area contributed by atoms with Gasteiger partial charge in [0, 0.05) is 27.0 Å². The van der Waals surface area contributed by atoms with Gasteiger partial charge in [-0.15, -0.1) is 0 Å². The first kappa shape index (κ1) is 23.7. The molecule has 0 atom stereocenters. The third-order valence-corrected chi connectivity index (χ3v) is 6.60. The molecule has 5 aromatic carbocycles. The standard InChI is InChI=1S/C30H20ClN.C4H8/c31-24-16-17-29-27(20-24)28-19-23(21-10-4-1-5-11-21)18-26(22-12-6-2-7-13-22)30(28)32(29)25-14-8-3-9-15-25;1-3-4-2/h1-20H;3-4H,1-2H3/b;4-3-. The maximum Gasteiger partial charge on any atom is 0.0619 e. The predicted molar refractivity (Wildman–Crippen MR) is 157 cm³/mol. The topological polar surface area (TPSA) is 4.93 Å². The molecule has 1 aromatic heterocycles. The minimum Gasteiger partial charge on any atom is -0.309 e. The van der Waals surface area contributed by atoms with Gasteiger partial charge in [-0.2, -0.15) is 0 Å². The van der Waals surface area contributed by atoms with Crippen LogP contribution in [0, 0.1) is 0 Å². The molecule has 0 radical (unpaired) electrons. The molecule has 6 aromatic rings. The number of rotatable bonds is 3. The molecule has 0 saturated heterocycles. The van der Waals surface area contributed by atoms with Crippen LogP contribution in [0.15, 0.2) is 133 Å². The number of nitrogens with zero attached hydrogens (tertiary/aromatic N) is 1. The van der Waals surface area contributed by atoms with E-state index in [-0.39, 0.29) is 0 Å². The zero-order valence-electron chi connectivity index (χ0n) is 20.5. The summed E-state index contributed by atoms with van der Waals surface area (Å²) >= 11 is 6.48. The first-order valence-corrected chi connectivity index (χ1v) is 12.6. The molecule has 1 nitrogen and oxygen atoms in total. The monoisotopic (exact) mass is 485 g/mol. The van der Waals surface area contributed by atoms with Crippen LogP contribution in [-0.4, -0.2) is 4.57 Å². The molecule has 6 rings (SSSR count). The van der Waals surface area contributed by atoms with E-state index in [2.05, 4.69) is 120 Å². The van der Waals surface area contributed by atoms with Gasteiger partial charge in [-0.25, -0.2) is 0 Å². The minimum atomic E-state index is 0.746. The van der Waals surface area contributed by atoms with Crippen LogP contribution < -0.4 is 0 Å². The molecule has 0 N–H and O–H groups in total. The van der Waals surface area contributed by atoms with Crippen molar-refractivity contribution < 1.29 is 0 Å². The summed E-state index contributed by atoms with van der Waals surface area (Å²) in [4.78, 5) is 0. The smallest absolute Gasteiger partial charge is 0.0619 e. The van der Waals surface area contributed by atoms with Crippen LogP contribution in [0.1, 0.15) is 13.8 Å². The fraction of sp³-hybridized carbons (Fsp3) is 0.0588. The Morgan fingerprint density at radius 3 is 1.75 bits per heavy atom. The Labute approximate surface area is 217 Å². The highest BCUT2D eigenvalue weighted by Gasteiger charge is 2.18. The molecule has 36 heavy (non-hydrogen) atoms. The highest BCUT2D eigenvalue weighted by Crippen LogP contribution is 2.41. The molecule has 0 spiro atoms. The van der Waals surface area contributed by atoms with Crippen molar-refractivity contribution in [1.29, 1.82) is 0 Å². The number of benzene rings is 5. The van der Waals surface area contributed by atoms with E-state index in [9.17, 15) is 0 Å². The van der Waals surface area contributed by atoms with Gasteiger partial charge in [0.05, 0.1) is 11.0 Å². The van der Waals surface area contributed by atoms with Crippen molar-refractivity contribution in [3.05, 3.63) is 139 Å². The quantitative estimate of drug-likeness (QED) is 0.220. The molecule has 0 bridgehead atoms. The maximum atomic E-state index is 6.48. The number of halogens is 1. The Balaban J connectivity index is 0.000000623. The number of allylic oxidation sites excluding steroid dienone is 2. The van der Waals surface area contributed by atoms with Crippen molar-refractivity contribution in [2.24, 2.45) is 0 Å². The molecule has 0 saturated carbocycles. The highest BCUT2D eigenvalue weighted by atomic mass is 35.5. The van der Waals surface area contributed by atoms with E-state index in [4.69, 9.17) is 11.6 Å². The lowest BCUT2D eigenvalue weighted by molar-refractivity contribution is 1.18. The van der Waals surface area contributed by atoms with E-state index < -0.39 is 0 Å². The fourth-order valence-corrected chi connectivity index (χ4v) is 4.77. The van der Waals surface area contributed by atoms with Gasteiger partial charge in [-0.3, -0.25) is 0 Å². The lowest BCUT2D eigenvalue weighted by Crippen LogP contribution is -1.95. The zero-order valence-corrected chi connectivity index (χ0v) is 21.3.